The Morgan fingerprint density at radius 1 is 0.750 bits per heavy atom. The molecule has 0 aromatic heterocycles. The van der Waals surface area contributed by atoms with E-state index < -0.39 is 0 Å². The summed E-state index contributed by atoms with van der Waals surface area (Å²) < 4.78 is 0. The summed E-state index contributed by atoms with van der Waals surface area (Å²) in [4.78, 5) is 0. The molecule has 0 heterocycles. The fourth-order valence-electron chi connectivity index (χ4n) is 0. The molecule has 4 heavy (non-hydrogen) atoms. The average molecular weight is 277 g/mol. The maximum absolute atomic E-state index is 0. The second-order valence-electron chi connectivity index (χ2n) is 0. The van der Waals surface area contributed by atoms with Gasteiger partial charge >= 0.3 is 0 Å². The van der Waals surface area contributed by atoms with Gasteiger partial charge in [0.05, 0.1) is 0 Å². The molecular formula is CuMoNi2. The Kier molecular flexibility index (Phi) is 165. The Morgan fingerprint density at radius 3 is 0.750 bits per heavy atom. The molecule has 0 saturated carbocycles. The molecule has 0 saturated heterocycles. The molecule has 0 fully saturated rings. The molecule has 0 aromatic carbocycles. The van der Waals surface area contributed by atoms with Gasteiger partial charge in [0.1, 0.15) is 0 Å². The van der Waals surface area contributed by atoms with Gasteiger partial charge in [0, 0.05) is 71.1 Å². The standard InChI is InChI=1S/Cu.Mo.2Ni. The summed E-state index contributed by atoms with van der Waals surface area (Å²) in [5.74, 6) is 0. The van der Waals surface area contributed by atoms with Gasteiger partial charge in [-0.25, -0.2) is 0 Å². The molecule has 0 unspecified atom stereocenters. The topological polar surface area (TPSA) is 0 Å². The van der Waals surface area contributed by atoms with Crippen LogP contribution in [0.3, 0.4) is 0 Å². The van der Waals surface area contributed by atoms with Crippen LogP contribution in [0.25, 0.3) is 0 Å². The van der Waals surface area contributed by atoms with Crippen molar-refractivity contribution in [3.8, 4) is 0 Å². The van der Waals surface area contributed by atoms with Crippen molar-refractivity contribution in [1.82, 2.24) is 0 Å². The Morgan fingerprint density at radius 2 is 0.750 bits per heavy atom. The third-order valence-corrected chi connectivity index (χ3v) is 0. The van der Waals surface area contributed by atoms with E-state index in [0.29, 0.717) is 0 Å². The second-order valence-corrected chi connectivity index (χ2v) is 0. The van der Waals surface area contributed by atoms with E-state index in [-0.39, 0.29) is 71.1 Å². The van der Waals surface area contributed by atoms with Crippen LogP contribution >= 0.6 is 0 Å². The van der Waals surface area contributed by atoms with Gasteiger partial charge in [-0.2, -0.15) is 0 Å². The van der Waals surface area contributed by atoms with Crippen LogP contribution in [-0.4, -0.2) is 0 Å². The van der Waals surface area contributed by atoms with E-state index in [4.69, 9.17) is 0 Å². The van der Waals surface area contributed by atoms with E-state index in [9.17, 15) is 0 Å². The molecule has 0 aliphatic carbocycles. The van der Waals surface area contributed by atoms with Crippen molar-refractivity contribution in [2.75, 3.05) is 0 Å². The molecule has 0 aromatic rings. The number of hydrogen-bond acceptors (Lipinski definition) is 0. The van der Waals surface area contributed by atoms with Crippen LogP contribution in [0.15, 0.2) is 0 Å². The Balaban J connectivity index is 0. The predicted molar refractivity (Wildman–Crippen MR) is 0 cm³/mol. The summed E-state index contributed by atoms with van der Waals surface area (Å²) in [6, 6.07) is 0. The van der Waals surface area contributed by atoms with E-state index in [1.165, 1.54) is 0 Å². The molecule has 0 atom stereocenters. The van der Waals surface area contributed by atoms with Gasteiger partial charge in [0.25, 0.3) is 0 Å². The molecule has 0 nitrogen and oxygen atoms in total. The normalized spacial score (nSPS) is 0. The van der Waals surface area contributed by atoms with Crippen LogP contribution < -0.4 is 0 Å². The van der Waals surface area contributed by atoms with Crippen molar-refractivity contribution in [3.05, 3.63) is 0 Å². The van der Waals surface area contributed by atoms with Gasteiger partial charge in [-0.15, -0.1) is 0 Å². The molecular weight excluding hydrogens is 277 g/mol. The summed E-state index contributed by atoms with van der Waals surface area (Å²) in [5.41, 5.74) is 0. The quantitative estimate of drug-likeness (QED) is 0.546. The van der Waals surface area contributed by atoms with Crippen LogP contribution in [0, 0.1) is 0 Å². The zero-order valence-corrected chi connectivity index (χ0v) is 6.27. The molecule has 4 heteroatoms. The predicted octanol–water partition coefficient (Wildman–Crippen LogP) is -0.0100. The van der Waals surface area contributed by atoms with Crippen LogP contribution in [0.2, 0.25) is 0 Å². The van der Waals surface area contributed by atoms with E-state index in [2.05, 4.69) is 0 Å². The molecule has 0 rings (SSSR count). The Labute approximate surface area is 70.4 Å². The molecule has 0 N–H and O–H groups in total. The second kappa shape index (κ2) is 19.0. The minimum Gasteiger partial charge on any atom is 0 e. The SMILES string of the molecule is [Cu].[Mo].[Ni].[Ni]. The van der Waals surface area contributed by atoms with Gasteiger partial charge in [0.15, 0.2) is 0 Å². The van der Waals surface area contributed by atoms with Crippen LogP contribution in [-0.2, 0) is 71.1 Å². The molecule has 0 aliphatic heterocycles. The smallest absolute Gasteiger partial charge is 0 e. The average Bonchev–Trinajstić information content (AvgIpc) is 0. The molecule has 0 bridgehead atoms. The minimum absolute atomic E-state index is 0. The van der Waals surface area contributed by atoms with E-state index in [0.717, 1.165) is 0 Å². The fraction of sp³-hybridized carbons (Fsp3) is 0. The molecule has 1 radical (unpaired) electrons. The van der Waals surface area contributed by atoms with Gasteiger partial charge in [-0.3, -0.25) is 0 Å². The first-order valence-corrected chi connectivity index (χ1v) is 0. The third-order valence-electron chi connectivity index (χ3n) is 0. The first-order valence-electron chi connectivity index (χ1n) is 0. The van der Waals surface area contributed by atoms with Crippen molar-refractivity contribution < 1.29 is 71.1 Å². The van der Waals surface area contributed by atoms with Crippen molar-refractivity contribution in [3.63, 3.8) is 0 Å². The van der Waals surface area contributed by atoms with E-state index >= 15 is 0 Å². The van der Waals surface area contributed by atoms with Gasteiger partial charge in [-0.05, 0) is 0 Å². The van der Waals surface area contributed by atoms with Gasteiger partial charge in [-0.1, -0.05) is 0 Å². The van der Waals surface area contributed by atoms with Crippen molar-refractivity contribution in [1.29, 1.82) is 0 Å². The number of rotatable bonds is 0. The van der Waals surface area contributed by atoms with E-state index in [1.54, 1.807) is 0 Å². The van der Waals surface area contributed by atoms with E-state index in [1.807, 2.05) is 0 Å². The zero-order chi connectivity index (χ0) is 0. The first kappa shape index (κ1) is 34.7. The minimum atomic E-state index is 0. The summed E-state index contributed by atoms with van der Waals surface area (Å²) in [7, 11) is 0. The maximum atomic E-state index is 0. The van der Waals surface area contributed by atoms with Crippen molar-refractivity contribution in [2.45, 2.75) is 0 Å². The summed E-state index contributed by atoms with van der Waals surface area (Å²) in [6.07, 6.45) is 0. The summed E-state index contributed by atoms with van der Waals surface area (Å²) >= 11 is 0. The van der Waals surface area contributed by atoms with Crippen LogP contribution in [0.4, 0.5) is 0 Å². The molecule has 0 spiro atoms. The summed E-state index contributed by atoms with van der Waals surface area (Å²) in [6.45, 7) is 0. The Bertz CT molecular complexity index is 6.00. The summed E-state index contributed by atoms with van der Waals surface area (Å²) in [5, 5.41) is 0. The van der Waals surface area contributed by atoms with Crippen LogP contribution in [0.1, 0.15) is 0 Å². The molecule has 37 valence electrons. The third kappa shape index (κ3) is 8.89. The zero-order valence-electron chi connectivity index (χ0n) is 1.34. The van der Waals surface area contributed by atoms with Gasteiger partial charge in [0.2, 0.25) is 0 Å². The largest absolute Gasteiger partial charge is 0 e. The Hall–Kier alpha value is 2.19. The van der Waals surface area contributed by atoms with Crippen LogP contribution in [0.5, 0.6) is 0 Å². The monoisotopic (exact) mass is 277 g/mol. The molecule has 0 amide bonds. The first-order chi connectivity index (χ1) is 0. The van der Waals surface area contributed by atoms with Crippen molar-refractivity contribution >= 4 is 0 Å². The molecule has 0 aliphatic rings. The van der Waals surface area contributed by atoms with Crippen molar-refractivity contribution in [2.24, 2.45) is 0 Å². The number of hydrogen-bond donors (Lipinski definition) is 0. The maximum Gasteiger partial charge on any atom is 0 e. The fourth-order valence-corrected chi connectivity index (χ4v) is 0. The van der Waals surface area contributed by atoms with Gasteiger partial charge < -0.3 is 0 Å².